The van der Waals surface area contributed by atoms with E-state index in [4.69, 9.17) is 14.2 Å². The Morgan fingerprint density at radius 1 is 1.03 bits per heavy atom. The minimum Gasteiger partial charge on any atom is -0.486 e. The van der Waals surface area contributed by atoms with E-state index in [1.54, 1.807) is 7.05 Å². The second-order valence-electron chi connectivity index (χ2n) is 7.41. The minimum atomic E-state index is -0.0670. The van der Waals surface area contributed by atoms with Crippen LogP contribution in [0, 0.1) is 0 Å². The molecule has 2 aliphatic heterocycles. The first-order valence-electron chi connectivity index (χ1n) is 10.5. The van der Waals surface area contributed by atoms with Gasteiger partial charge in [-0.05, 0) is 17.7 Å². The van der Waals surface area contributed by atoms with Gasteiger partial charge in [0.1, 0.15) is 12.7 Å². The predicted molar refractivity (Wildman–Crippen MR) is 133 cm³/mol. The van der Waals surface area contributed by atoms with Crippen LogP contribution in [0.2, 0.25) is 0 Å². The Hall–Kier alpha value is -2.04. The summed E-state index contributed by atoms with van der Waals surface area (Å²) in [5, 5.41) is 6.85. The third kappa shape index (κ3) is 6.47. The number of para-hydroxylation sites is 2. The molecule has 2 heterocycles. The van der Waals surface area contributed by atoms with Crippen molar-refractivity contribution >= 4 is 29.9 Å². The Bertz CT molecular complexity index is 831. The zero-order chi connectivity index (χ0) is 20.6. The first kappa shape index (κ1) is 23.6. The molecule has 2 aromatic rings. The van der Waals surface area contributed by atoms with Crippen LogP contribution in [0.5, 0.6) is 11.5 Å². The minimum absolute atomic E-state index is 0. The average Bonchev–Trinajstić information content (AvgIpc) is 2.82. The van der Waals surface area contributed by atoms with Crippen LogP contribution in [0.15, 0.2) is 59.6 Å². The molecule has 0 saturated carbocycles. The number of guanidine groups is 1. The second-order valence-corrected chi connectivity index (χ2v) is 7.41. The van der Waals surface area contributed by atoms with Gasteiger partial charge in [0.15, 0.2) is 17.5 Å². The van der Waals surface area contributed by atoms with Crippen molar-refractivity contribution in [3.8, 4) is 11.5 Å². The molecule has 31 heavy (non-hydrogen) atoms. The Labute approximate surface area is 201 Å². The van der Waals surface area contributed by atoms with Crippen molar-refractivity contribution in [3.63, 3.8) is 0 Å². The Morgan fingerprint density at radius 3 is 2.48 bits per heavy atom. The van der Waals surface area contributed by atoms with Crippen LogP contribution in [-0.4, -0.2) is 70.0 Å². The Balaban J connectivity index is 0.00000272. The number of benzene rings is 2. The number of rotatable bonds is 6. The second kappa shape index (κ2) is 12.1. The van der Waals surface area contributed by atoms with E-state index in [1.807, 2.05) is 24.3 Å². The first-order valence-corrected chi connectivity index (χ1v) is 10.5. The molecule has 0 amide bonds. The van der Waals surface area contributed by atoms with Crippen molar-refractivity contribution in [1.82, 2.24) is 15.5 Å². The third-order valence-corrected chi connectivity index (χ3v) is 5.42. The zero-order valence-electron chi connectivity index (χ0n) is 17.8. The van der Waals surface area contributed by atoms with Gasteiger partial charge in [-0.15, -0.1) is 24.0 Å². The van der Waals surface area contributed by atoms with E-state index in [1.165, 1.54) is 5.56 Å². The molecule has 0 radical (unpaired) electrons. The Kier molecular flexibility index (Phi) is 9.23. The van der Waals surface area contributed by atoms with Crippen molar-refractivity contribution in [2.75, 3.05) is 53.0 Å². The van der Waals surface area contributed by atoms with Crippen LogP contribution in [0.1, 0.15) is 11.6 Å². The standard InChI is InChI=1S/C23H30N4O3.HI/c1-24-23(25-15-19-17-29-21-9-5-6-10-22(21)30-19)26-16-20(18-7-3-2-4-8-18)27-11-13-28-14-12-27;/h2-10,19-20H,11-17H2,1H3,(H2,24,25,26);1H. The highest BCUT2D eigenvalue weighted by molar-refractivity contribution is 14.0. The number of halogens is 1. The highest BCUT2D eigenvalue weighted by Gasteiger charge is 2.24. The first-order chi connectivity index (χ1) is 14.8. The molecule has 1 saturated heterocycles. The summed E-state index contributed by atoms with van der Waals surface area (Å²) in [6.45, 7) is 5.30. The molecule has 0 aliphatic carbocycles. The van der Waals surface area contributed by atoms with Crippen LogP contribution in [0.25, 0.3) is 0 Å². The van der Waals surface area contributed by atoms with Crippen molar-refractivity contribution in [1.29, 1.82) is 0 Å². The topological polar surface area (TPSA) is 67.4 Å². The molecule has 7 nitrogen and oxygen atoms in total. The van der Waals surface area contributed by atoms with Gasteiger partial charge in [-0.2, -0.15) is 0 Å². The Morgan fingerprint density at radius 2 is 1.74 bits per heavy atom. The quantitative estimate of drug-likeness (QED) is 0.335. The molecule has 2 aromatic carbocycles. The molecule has 0 bridgehead atoms. The third-order valence-electron chi connectivity index (χ3n) is 5.42. The van der Waals surface area contributed by atoms with E-state index in [0.717, 1.165) is 50.3 Å². The van der Waals surface area contributed by atoms with Crippen molar-refractivity contribution in [2.24, 2.45) is 4.99 Å². The van der Waals surface area contributed by atoms with Crippen LogP contribution in [0.3, 0.4) is 0 Å². The average molecular weight is 538 g/mol. The summed E-state index contributed by atoms with van der Waals surface area (Å²) < 4.78 is 17.4. The SMILES string of the molecule is CN=C(NCC1COc2ccccc2O1)NCC(c1ccccc1)N1CCOCC1.I. The van der Waals surface area contributed by atoms with Gasteiger partial charge >= 0.3 is 0 Å². The van der Waals surface area contributed by atoms with Crippen LogP contribution in [-0.2, 0) is 4.74 Å². The summed E-state index contributed by atoms with van der Waals surface area (Å²) in [7, 11) is 1.79. The molecule has 0 aromatic heterocycles. The van der Waals surface area contributed by atoms with E-state index in [2.05, 4.69) is 50.9 Å². The number of ether oxygens (including phenoxy) is 3. The highest BCUT2D eigenvalue weighted by Crippen LogP contribution is 2.30. The lowest BCUT2D eigenvalue weighted by atomic mass is 10.0. The fourth-order valence-electron chi connectivity index (χ4n) is 3.81. The summed E-state index contributed by atoms with van der Waals surface area (Å²) >= 11 is 0. The number of hydrogen-bond donors (Lipinski definition) is 2. The number of fused-ring (bicyclic) bond motifs is 1. The molecule has 2 unspecified atom stereocenters. The highest BCUT2D eigenvalue weighted by atomic mass is 127. The fourth-order valence-corrected chi connectivity index (χ4v) is 3.81. The number of hydrogen-bond acceptors (Lipinski definition) is 5. The van der Waals surface area contributed by atoms with Crippen LogP contribution >= 0.6 is 24.0 Å². The fraction of sp³-hybridized carbons (Fsp3) is 0.435. The van der Waals surface area contributed by atoms with Crippen molar-refractivity contribution in [2.45, 2.75) is 12.1 Å². The number of morpholine rings is 1. The molecule has 4 rings (SSSR count). The van der Waals surface area contributed by atoms with Crippen LogP contribution < -0.4 is 20.1 Å². The van der Waals surface area contributed by atoms with Crippen molar-refractivity contribution in [3.05, 3.63) is 60.2 Å². The molecule has 2 aliphatic rings. The molecule has 168 valence electrons. The van der Waals surface area contributed by atoms with E-state index in [-0.39, 0.29) is 36.1 Å². The number of aliphatic imine (C=N–C) groups is 1. The van der Waals surface area contributed by atoms with Gasteiger partial charge in [-0.1, -0.05) is 42.5 Å². The van der Waals surface area contributed by atoms with Gasteiger partial charge in [0.2, 0.25) is 0 Å². The van der Waals surface area contributed by atoms with E-state index in [9.17, 15) is 0 Å². The zero-order valence-corrected chi connectivity index (χ0v) is 20.2. The molecule has 2 N–H and O–H groups in total. The predicted octanol–water partition coefficient (Wildman–Crippen LogP) is 2.68. The summed E-state index contributed by atoms with van der Waals surface area (Å²) in [4.78, 5) is 6.85. The number of nitrogens with one attached hydrogen (secondary N) is 2. The summed E-state index contributed by atoms with van der Waals surface area (Å²) in [6, 6.07) is 18.6. The van der Waals surface area contributed by atoms with Crippen molar-refractivity contribution < 1.29 is 14.2 Å². The molecule has 2 atom stereocenters. The normalized spacial score (nSPS) is 19.8. The monoisotopic (exact) mass is 538 g/mol. The van der Waals surface area contributed by atoms with E-state index < -0.39 is 0 Å². The summed E-state index contributed by atoms with van der Waals surface area (Å²) in [6.07, 6.45) is -0.0670. The van der Waals surface area contributed by atoms with E-state index in [0.29, 0.717) is 13.2 Å². The maximum absolute atomic E-state index is 6.02. The summed E-state index contributed by atoms with van der Waals surface area (Å²) in [5.74, 6) is 2.34. The van der Waals surface area contributed by atoms with Gasteiger partial charge in [-0.3, -0.25) is 9.89 Å². The van der Waals surface area contributed by atoms with Gasteiger partial charge < -0.3 is 24.8 Å². The molecule has 0 spiro atoms. The smallest absolute Gasteiger partial charge is 0.191 e. The number of nitrogens with zero attached hydrogens (tertiary/aromatic N) is 2. The maximum atomic E-state index is 6.02. The lowest BCUT2D eigenvalue weighted by molar-refractivity contribution is 0.0170. The largest absolute Gasteiger partial charge is 0.486 e. The van der Waals surface area contributed by atoms with E-state index >= 15 is 0 Å². The maximum Gasteiger partial charge on any atom is 0.191 e. The lowest BCUT2D eigenvalue weighted by Gasteiger charge is -2.35. The molecular weight excluding hydrogens is 507 g/mol. The van der Waals surface area contributed by atoms with Gasteiger partial charge in [0.05, 0.1) is 25.8 Å². The van der Waals surface area contributed by atoms with Crippen LogP contribution in [0.4, 0.5) is 0 Å². The molecular formula is C23H31IN4O3. The lowest BCUT2D eigenvalue weighted by Crippen LogP contribution is -2.48. The molecule has 8 heteroatoms. The molecule has 1 fully saturated rings. The van der Waals surface area contributed by atoms with Gasteiger partial charge in [0.25, 0.3) is 0 Å². The van der Waals surface area contributed by atoms with Gasteiger partial charge in [-0.25, -0.2) is 0 Å². The van der Waals surface area contributed by atoms with Gasteiger partial charge in [0, 0.05) is 26.7 Å². The summed E-state index contributed by atoms with van der Waals surface area (Å²) in [5.41, 5.74) is 1.29.